The molecule has 0 saturated carbocycles. The monoisotopic (exact) mass is 275 g/mol. The van der Waals surface area contributed by atoms with Gasteiger partial charge in [-0.3, -0.25) is 4.79 Å². The van der Waals surface area contributed by atoms with Crippen molar-refractivity contribution < 1.29 is 4.74 Å². The summed E-state index contributed by atoms with van der Waals surface area (Å²) in [6.07, 6.45) is 3.60. The Balaban J connectivity index is 1.90. The Labute approximate surface area is 121 Å². The maximum Gasteiger partial charge on any atom is 0.259 e. The lowest BCUT2D eigenvalue weighted by Crippen LogP contribution is -2.17. The Morgan fingerprint density at radius 2 is 1.71 bits per heavy atom. The number of aromatic nitrogens is 1. The number of fused-ring (bicyclic) bond motifs is 3. The van der Waals surface area contributed by atoms with Gasteiger partial charge in [-0.25, -0.2) is 0 Å². The number of aromatic amines is 1. The van der Waals surface area contributed by atoms with Crippen LogP contribution in [0.4, 0.5) is 0 Å². The first-order chi connectivity index (χ1) is 10.3. The second-order valence-corrected chi connectivity index (χ2v) is 5.05. The number of pyridine rings is 1. The molecule has 0 saturated heterocycles. The molecule has 3 aromatic rings. The summed E-state index contributed by atoms with van der Waals surface area (Å²) in [5.41, 5.74) is 2.33. The molecule has 0 bridgehead atoms. The Morgan fingerprint density at radius 3 is 2.57 bits per heavy atom. The standard InChI is InChI=1S/C18H13NO2/c20-18-14-10-11-16(12-6-2-1-3-7-12)21-17(14)13-8-4-5-9-15(13)19-18/h1-11,16H,(H,19,20). The van der Waals surface area contributed by atoms with Crippen molar-refractivity contribution in [1.82, 2.24) is 4.98 Å². The number of para-hydroxylation sites is 1. The first kappa shape index (κ1) is 12.0. The van der Waals surface area contributed by atoms with Crippen LogP contribution in [0, 0.1) is 0 Å². The van der Waals surface area contributed by atoms with Gasteiger partial charge in [-0.15, -0.1) is 0 Å². The van der Waals surface area contributed by atoms with Crippen LogP contribution < -0.4 is 10.3 Å². The van der Waals surface area contributed by atoms with Gasteiger partial charge in [0.15, 0.2) is 0 Å². The van der Waals surface area contributed by atoms with Crippen molar-refractivity contribution in [1.29, 1.82) is 0 Å². The Kier molecular flexibility index (Phi) is 2.64. The molecule has 1 aromatic heterocycles. The first-order valence-corrected chi connectivity index (χ1v) is 6.88. The summed E-state index contributed by atoms with van der Waals surface area (Å²) in [4.78, 5) is 15.0. The number of nitrogens with one attached hydrogen (secondary N) is 1. The lowest BCUT2D eigenvalue weighted by atomic mass is 10.0. The van der Waals surface area contributed by atoms with Crippen LogP contribution in [0.3, 0.4) is 0 Å². The largest absolute Gasteiger partial charge is 0.480 e. The van der Waals surface area contributed by atoms with E-state index in [1.807, 2.05) is 66.7 Å². The van der Waals surface area contributed by atoms with Crippen LogP contribution in [0.15, 0.2) is 65.5 Å². The fraction of sp³-hybridized carbons (Fsp3) is 0.0556. The van der Waals surface area contributed by atoms with Crippen molar-refractivity contribution in [3.63, 3.8) is 0 Å². The summed E-state index contributed by atoms with van der Waals surface area (Å²) in [6.45, 7) is 0. The van der Waals surface area contributed by atoms with Crippen molar-refractivity contribution in [3.05, 3.63) is 82.2 Å². The van der Waals surface area contributed by atoms with Crippen molar-refractivity contribution in [3.8, 4) is 5.75 Å². The fourth-order valence-electron chi connectivity index (χ4n) is 2.68. The third-order valence-electron chi connectivity index (χ3n) is 3.72. The highest BCUT2D eigenvalue weighted by atomic mass is 16.5. The van der Waals surface area contributed by atoms with E-state index in [1.165, 1.54) is 0 Å². The second kappa shape index (κ2) is 4.63. The predicted molar refractivity (Wildman–Crippen MR) is 83.4 cm³/mol. The van der Waals surface area contributed by atoms with Gasteiger partial charge < -0.3 is 9.72 Å². The average Bonchev–Trinajstić information content (AvgIpc) is 2.55. The van der Waals surface area contributed by atoms with Crippen LogP contribution in [0.2, 0.25) is 0 Å². The normalized spacial score (nSPS) is 16.5. The molecule has 1 unspecified atom stereocenters. The lowest BCUT2D eigenvalue weighted by molar-refractivity contribution is 0.254. The van der Waals surface area contributed by atoms with Gasteiger partial charge in [0.25, 0.3) is 5.56 Å². The maximum absolute atomic E-state index is 12.1. The number of benzene rings is 2. The smallest absolute Gasteiger partial charge is 0.259 e. The molecule has 0 radical (unpaired) electrons. The topological polar surface area (TPSA) is 42.1 Å². The van der Waals surface area contributed by atoms with E-state index in [2.05, 4.69) is 4.98 Å². The van der Waals surface area contributed by atoms with E-state index < -0.39 is 0 Å². The number of H-pyrrole nitrogens is 1. The molecule has 1 aliphatic heterocycles. The summed E-state index contributed by atoms with van der Waals surface area (Å²) in [5, 5.41) is 0.928. The van der Waals surface area contributed by atoms with Gasteiger partial charge in [-0.05, 0) is 29.8 Å². The number of hydrogen-bond donors (Lipinski definition) is 1. The van der Waals surface area contributed by atoms with E-state index in [0.717, 1.165) is 16.5 Å². The molecular formula is C18H13NO2. The van der Waals surface area contributed by atoms with Crippen molar-refractivity contribution in [2.45, 2.75) is 6.10 Å². The molecule has 1 N–H and O–H groups in total. The Morgan fingerprint density at radius 1 is 0.952 bits per heavy atom. The van der Waals surface area contributed by atoms with Crippen molar-refractivity contribution in [2.75, 3.05) is 0 Å². The quantitative estimate of drug-likeness (QED) is 0.736. The maximum atomic E-state index is 12.1. The van der Waals surface area contributed by atoms with E-state index >= 15 is 0 Å². The van der Waals surface area contributed by atoms with Crippen LogP contribution in [-0.2, 0) is 0 Å². The number of rotatable bonds is 1. The molecule has 2 aromatic carbocycles. The van der Waals surface area contributed by atoms with Crippen molar-refractivity contribution >= 4 is 17.0 Å². The molecule has 102 valence electrons. The highest BCUT2D eigenvalue weighted by molar-refractivity contribution is 5.89. The fourth-order valence-corrected chi connectivity index (χ4v) is 2.68. The molecule has 2 heterocycles. The van der Waals surface area contributed by atoms with Crippen LogP contribution in [0.1, 0.15) is 17.2 Å². The minimum absolute atomic E-state index is 0.119. The summed E-state index contributed by atoms with van der Waals surface area (Å²) in [7, 11) is 0. The molecule has 1 atom stereocenters. The average molecular weight is 275 g/mol. The van der Waals surface area contributed by atoms with Crippen LogP contribution in [-0.4, -0.2) is 4.98 Å². The van der Waals surface area contributed by atoms with Gasteiger partial charge >= 0.3 is 0 Å². The number of ether oxygens (including phenoxy) is 1. The SMILES string of the molecule is O=c1[nH]c2ccccc2c2c1C=CC(c1ccccc1)O2. The number of hydrogen-bond acceptors (Lipinski definition) is 2. The lowest BCUT2D eigenvalue weighted by Gasteiger charge is -2.22. The summed E-state index contributed by atoms with van der Waals surface area (Å²) in [6, 6.07) is 17.7. The van der Waals surface area contributed by atoms with Gasteiger partial charge in [0.2, 0.25) is 0 Å². The molecule has 4 rings (SSSR count). The van der Waals surface area contributed by atoms with Gasteiger partial charge in [0.05, 0.1) is 11.1 Å². The van der Waals surface area contributed by atoms with E-state index in [-0.39, 0.29) is 11.7 Å². The molecule has 0 amide bonds. The van der Waals surface area contributed by atoms with E-state index in [0.29, 0.717) is 11.3 Å². The zero-order valence-electron chi connectivity index (χ0n) is 11.2. The molecule has 0 fully saturated rings. The van der Waals surface area contributed by atoms with Gasteiger partial charge in [0.1, 0.15) is 11.9 Å². The molecule has 1 aliphatic rings. The highest BCUT2D eigenvalue weighted by Gasteiger charge is 2.20. The molecule has 0 spiro atoms. The minimum Gasteiger partial charge on any atom is -0.480 e. The second-order valence-electron chi connectivity index (χ2n) is 5.05. The van der Waals surface area contributed by atoms with Gasteiger partial charge in [-0.1, -0.05) is 42.5 Å². The molecule has 3 nitrogen and oxygen atoms in total. The van der Waals surface area contributed by atoms with Gasteiger partial charge in [-0.2, -0.15) is 0 Å². The molecule has 21 heavy (non-hydrogen) atoms. The third kappa shape index (κ3) is 1.94. The zero-order chi connectivity index (χ0) is 14.2. The van der Waals surface area contributed by atoms with E-state index in [1.54, 1.807) is 0 Å². The Hall–Kier alpha value is -2.81. The zero-order valence-corrected chi connectivity index (χ0v) is 11.2. The molecular weight excluding hydrogens is 262 g/mol. The summed E-state index contributed by atoms with van der Waals surface area (Å²) < 4.78 is 6.11. The van der Waals surface area contributed by atoms with E-state index in [4.69, 9.17) is 4.74 Å². The van der Waals surface area contributed by atoms with Crippen LogP contribution in [0.25, 0.3) is 17.0 Å². The highest BCUT2D eigenvalue weighted by Crippen LogP contribution is 2.35. The predicted octanol–water partition coefficient (Wildman–Crippen LogP) is 3.68. The van der Waals surface area contributed by atoms with Crippen molar-refractivity contribution in [2.24, 2.45) is 0 Å². The third-order valence-corrected chi connectivity index (χ3v) is 3.72. The van der Waals surface area contributed by atoms with Crippen LogP contribution in [0.5, 0.6) is 5.75 Å². The molecule has 0 aliphatic carbocycles. The van der Waals surface area contributed by atoms with E-state index in [9.17, 15) is 4.79 Å². The van der Waals surface area contributed by atoms with Crippen LogP contribution >= 0.6 is 0 Å². The Bertz CT molecular complexity index is 894. The first-order valence-electron chi connectivity index (χ1n) is 6.88. The van der Waals surface area contributed by atoms with Gasteiger partial charge in [0, 0.05) is 5.39 Å². The minimum atomic E-state index is -0.163. The summed E-state index contributed by atoms with van der Waals surface area (Å²) >= 11 is 0. The molecule has 3 heteroatoms. The summed E-state index contributed by atoms with van der Waals surface area (Å²) in [5.74, 6) is 0.658.